The molecule has 0 amide bonds. The van der Waals surface area contributed by atoms with Gasteiger partial charge >= 0.3 is 0 Å². The summed E-state index contributed by atoms with van der Waals surface area (Å²) in [4.78, 5) is 0. The van der Waals surface area contributed by atoms with E-state index in [-0.39, 0.29) is 22.6 Å². The van der Waals surface area contributed by atoms with Crippen molar-refractivity contribution in [3.63, 3.8) is 0 Å². The third-order valence-corrected chi connectivity index (χ3v) is 2.98. The zero-order chi connectivity index (χ0) is 14.0. The largest absolute Gasteiger partial charge is 0.388 e. The number of aliphatic hydroxyl groups is 1. The van der Waals surface area contributed by atoms with Crippen molar-refractivity contribution in [1.29, 1.82) is 0 Å². The normalized spacial score (nSPS) is 12.5. The first-order valence-corrected chi connectivity index (χ1v) is 5.92. The Labute approximate surface area is 113 Å². The maximum absolute atomic E-state index is 13.5. The van der Waals surface area contributed by atoms with Gasteiger partial charge in [0.2, 0.25) is 0 Å². The summed E-state index contributed by atoms with van der Waals surface area (Å²) in [5.74, 6) is -2.11. The Morgan fingerprint density at radius 1 is 1.00 bits per heavy atom. The lowest BCUT2D eigenvalue weighted by Gasteiger charge is -2.13. The molecule has 0 fully saturated rings. The second-order valence-electron chi connectivity index (χ2n) is 4.12. The fourth-order valence-electron chi connectivity index (χ4n) is 1.78. The monoisotopic (exact) mass is 286 g/mol. The maximum Gasteiger partial charge on any atom is 0.129 e. The van der Waals surface area contributed by atoms with Gasteiger partial charge in [0.1, 0.15) is 17.5 Å². The van der Waals surface area contributed by atoms with E-state index in [9.17, 15) is 18.3 Å². The summed E-state index contributed by atoms with van der Waals surface area (Å²) in [6.45, 7) is 0. The molecular weight excluding hydrogens is 277 g/mol. The Balaban J connectivity index is 2.25. The number of hydrogen-bond donors (Lipinski definition) is 1. The molecule has 0 saturated heterocycles. The van der Waals surface area contributed by atoms with Crippen molar-refractivity contribution in [2.75, 3.05) is 0 Å². The Morgan fingerprint density at radius 2 is 1.74 bits per heavy atom. The van der Waals surface area contributed by atoms with Crippen molar-refractivity contribution in [2.45, 2.75) is 12.5 Å². The van der Waals surface area contributed by atoms with Crippen LogP contribution >= 0.6 is 11.6 Å². The molecule has 1 N–H and O–H groups in total. The van der Waals surface area contributed by atoms with Gasteiger partial charge in [-0.05, 0) is 29.8 Å². The lowest BCUT2D eigenvalue weighted by molar-refractivity contribution is 0.172. The molecule has 1 unspecified atom stereocenters. The van der Waals surface area contributed by atoms with Crippen LogP contribution in [0.25, 0.3) is 0 Å². The highest BCUT2D eigenvalue weighted by atomic mass is 35.5. The lowest BCUT2D eigenvalue weighted by atomic mass is 10.0. The predicted molar refractivity (Wildman–Crippen MR) is 66.4 cm³/mol. The van der Waals surface area contributed by atoms with Crippen LogP contribution in [0.1, 0.15) is 17.2 Å². The van der Waals surface area contributed by atoms with Crippen molar-refractivity contribution in [3.8, 4) is 0 Å². The van der Waals surface area contributed by atoms with E-state index >= 15 is 0 Å². The average Bonchev–Trinajstić information content (AvgIpc) is 2.35. The van der Waals surface area contributed by atoms with Crippen LogP contribution in [-0.4, -0.2) is 5.11 Å². The van der Waals surface area contributed by atoms with E-state index < -0.39 is 23.6 Å². The van der Waals surface area contributed by atoms with Crippen molar-refractivity contribution < 1.29 is 18.3 Å². The zero-order valence-corrected chi connectivity index (χ0v) is 10.5. The molecule has 0 aliphatic carbocycles. The fourth-order valence-corrected chi connectivity index (χ4v) is 1.96. The minimum absolute atomic E-state index is 0.0174. The van der Waals surface area contributed by atoms with Crippen LogP contribution in [0.15, 0.2) is 36.4 Å². The van der Waals surface area contributed by atoms with Crippen molar-refractivity contribution in [2.24, 2.45) is 0 Å². The van der Waals surface area contributed by atoms with Crippen LogP contribution in [0.3, 0.4) is 0 Å². The van der Waals surface area contributed by atoms with E-state index in [2.05, 4.69) is 0 Å². The number of hydrogen-bond acceptors (Lipinski definition) is 1. The van der Waals surface area contributed by atoms with Gasteiger partial charge in [-0.1, -0.05) is 17.7 Å². The first kappa shape index (κ1) is 13.9. The quantitative estimate of drug-likeness (QED) is 0.903. The third-order valence-electron chi connectivity index (χ3n) is 2.75. The molecule has 5 heteroatoms. The summed E-state index contributed by atoms with van der Waals surface area (Å²) in [5.41, 5.74) is 0.0875. The van der Waals surface area contributed by atoms with Gasteiger partial charge in [0.05, 0.1) is 6.10 Å². The van der Waals surface area contributed by atoms with E-state index in [4.69, 9.17) is 11.6 Å². The minimum Gasteiger partial charge on any atom is -0.388 e. The molecule has 0 aromatic heterocycles. The highest BCUT2D eigenvalue weighted by molar-refractivity contribution is 6.30. The lowest BCUT2D eigenvalue weighted by Crippen LogP contribution is -2.06. The molecule has 1 atom stereocenters. The molecule has 100 valence electrons. The number of aliphatic hydroxyl groups excluding tert-OH is 1. The first-order chi connectivity index (χ1) is 8.97. The molecule has 19 heavy (non-hydrogen) atoms. The van der Waals surface area contributed by atoms with Crippen molar-refractivity contribution in [1.82, 2.24) is 0 Å². The van der Waals surface area contributed by atoms with Crippen LogP contribution in [0.2, 0.25) is 5.02 Å². The van der Waals surface area contributed by atoms with E-state index in [1.165, 1.54) is 18.2 Å². The van der Waals surface area contributed by atoms with E-state index in [1.807, 2.05) is 0 Å². The number of halogens is 4. The molecule has 0 aliphatic heterocycles. The van der Waals surface area contributed by atoms with Gasteiger partial charge in [-0.2, -0.15) is 0 Å². The molecule has 2 rings (SSSR count). The summed E-state index contributed by atoms with van der Waals surface area (Å²) < 4.78 is 39.7. The van der Waals surface area contributed by atoms with Crippen molar-refractivity contribution in [3.05, 3.63) is 70.0 Å². The Kier molecular flexibility index (Phi) is 4.12. The average molecular weight is 287 g/mol. The molecule has 0 heterocycles. The smallest absolute Gasteiger partial charge is 0.129 e. The molecule has 2 aromatic rings. The fraction of sp³-hybridized carbons (Fsp3) is 0.143. The second kappa shape index (κ2) is 5.63. The first-order valence-electron chi connectivity index (χ1n) is 5.54. The standard InChI is InChI=1S/C14H10ClF3O/c15-9-2-4-12(17)11(6-9)14(19)5-8-1-3-10(16)7-13(8)18/h1-4,6-7,14,19H,5H2. The van der Waals surface area contributed by atoms with Gasteiger partial charge in [-0.25, -0.2) is 13.2 Å². The van der Waals surface area contributed by atoms with Crippen LogP contribution < -0.4 is 0 Å². The van der Waals surface area contributed by atoms with Crippen LogP contribution in [0.4, 0.5) is 13.2 Å². The molecule has 0 bridgehead atoms. The summed E-state index contributed by atoms with van der Waals surface area (Å²) in [7, 11) is 0. The molecular formula is C14H10ClF3O. The highest BCUT2D eigenvalue weighted by Gasteiger charge is 2.16. The molecule has 0 saturated carbocycles. The summed E-state index contributed by atoms with van der Waals surface area (Å²) in [6.07, 6.45) is -1.41. The van der Waals surface area contributed by atoms with Gasteiger partial charge in [0.25, 0.3) is 0 Å². The second-order valence-corrected chi connectivity index (χ2v) is 4.56. The number of benzene rings is 2. The molecule has 0 spiro atoms. The Morgan fingerprint density at radius 3 is 2.42 bits per heavy atom. The highest BCUT2D eigenvalue weighted by Crippen LogP contribution is 2.25. The topological polar surface area (TPSA) is 20.2 Å². The van der Waals surface area contributed by atoms with Crippen molar-refractivity contribution >= 4 is 11.6 Å². The van der Waals surface area contributed by atoms with Gasteiger partial charge in [-0.15, -0.1) is 0 Å². The summed E-state index contributed by atoms with van der Waals surface area (Å²) in [5, 5.41) is 10.2. The van der Waals surface area contributed by atoms with Crippen LogP contribution in [-0.2, 0) is 6.42 Å². The summed E-state index contributed by atoms with van der Waals surface area (Å²) in [6, 6.07) is 6.78. The van der Waals surface area contributed by atoms with Crippen LogP contribution in [0, 0.1) is 17.5 Å². The van der Waals surface area contributed by atoms with E-state index in [0.29, 0.717) is 0 Å². The molecule has 2 aromatic carbocycles. The molecule has 0 radical (unpaired) electrons. The Hall–Kier alpha value is -1.52. The van der Waals surface area contributed by atoms with E-state index in [1.54, 1.807) is 0 Å². The van der Waals surface area contributed by atoms with Gasteiger partial charge in [0.15, 0.2) is 0 Å². The molecule has 1 nitrogen and oxygen atoms in total. The number of rotatable bonds is 3. The third kappa shape index (κ3) is 3.28. The predicted octanol–water partition coefficient (Wildman–Crippen LogP) is 4.03. The van der Waals surface area contributed by atoms with Gasteiger partial charge < -0.3 is 5.11 Å². The Bertz CT molecular complexity index is 601. The minimum atomic E-state index is -1.25. The van der Waals surface area contributed by atoms with Crippen LogP contribution in [0.5, 0.6) is 0 Å². The summed E-state index contributed by atoms with van der Waals surface area (Å²) >= 11 is 5.71. The molecule has 0 aliphatic rings. The SMILES string of the molecule is OC(Cc1ccc(F)cc1F)c1cc(Cl)ccc1F. The zero-order valence-electron chi connectivity index (χ0n) is 9.71. The van der Waals surface area contributed by atoms with Gasteiger partial charge in [0, 0.05) is 23.1 Å². The van der Waals surface area contributed by atoms with E-state index in [0.717, 1.165) is 18.2 Å². The maximum atomic E-state index is 13.5. The van der Waals surface area contributed by atoms with Gasteiger partial charge in [-0.3, -0.25) is 0 Å².